The molecule has 0 bridgehead atoms. The van der Waals surface area contributed by atoms with Crippen molar-refractivity contribution < 1.29 is 9.18 Å². The lowest BCUT2D eigenvalue weighted by Gasteiger charge is -2.11. The van der Waals surface area contributed by atoms with Crippen molar-refractivity contribution in [1.82, 2.24) is 21.2 Å². The summed E-state index contributed by atoms with van der Waals surface area (Å²) in [5.74, 6) is -0.609. The lowest BCUT2D eigenvalue weighted by atomic mass is 10.2. The van der Waals surface area contributed by atoms with Crippen molar-refractivity contribution in [2.24, 2.45) is 0 Å². The highest BCUT2D eigenvalue weighted by Crippen LogP contribution is 2.14. The number of carbonyl (C=O) groups excluding carboxylic acids is 1. The Bertz CT molecular complexity index is 843. The second kappa shape index (κ2) is 7.10. The van der Waals surface area contributed by atoms with E-state index < -0.39 is 0 Å². The highest BCUT2D eigenvalue weighted by Gasteiger charge is 2.09. The first-order chi connectivity index (χ1) is 11.6. The zero-order chi connectivity index (χ0) is 16.9. The van der Waals surface area contributed by atoms with Gasteiger partial charge in [-0.1, -0.05) is 30.3 Å². The number of carbonyl (C=O) groups is 1. The maximum Gasteiger partial charge on any atom is 0.286 e. The van der Waals surface area contributed by atoms with Crippen LogP contribution in [0.4, 0.5) is 4.39 Å². The maximum atomic E-state index is 12.8. The van der Waals surface area contributed by atoms with Gasteiger partial charge in [0.25, 0.3) is 5.91 Å². The summed E-state index contributed by atoms with van der Waals surface area (Å²) < 4.78 is 12.8. The largest absolute Gasteiger partial charge is 0.357 e. The third kappa shape index (κ3) is 3.88. The summed E-state index contributed by atoms with van der Waals surface area (Å²) in [5, 5.41) is 4.15. The predicted octanol–water partition coefficient (Wildman–Crippen LogP) is 2.62. The molecule has 1 amide bonds. The van der Waals surface area contributed by atoms with E-state index in [1.54, 1.807) is 18.2 Å². The van der Waals surface area contributed by atoms with E-state index in [0.717, 1.165) is 16.5 Å². The molecule has 0 aliphatic carbocycles. The third-order valence-corrected chi connectivity index (χ3v) is 3.68. The number of amides is 1. The van der Waals surface area contributed by atoms with E-state index in [0.29, 0.717) is 12.2 Å². The summed E-state index contributed by atoms with van der Waals surface area (Å²) in [6.45, 7) is 0.425. The number of H-pyrrole nitrogens is 1. The highest BCUT2D eigenvalue weighted by atomic mass is 32.1. The lowest BCUT2D eigenvalue weighted by molar-refractivity contribution is 0.0939. The molecule has 122 valence electrons. The van der Waals surface area contributed by atoms with Gasteiger partial charge in [0.2, 0.25) is 0 Å². The smallest absolute Gasteiger partial charge is 0.286 e. The Morgan fingerprint density at radius 3 is 2.58 bits per heavy atom. The van der Waals surface area contributed by atoms with Crippen molar-refractivity contribution in [3.8, 4) is 0 Å². The fourth-order valence-electron chi connectivity index (χ4n) is 2.21. The van der Waals surface area contributed by atoms with Crippen LogP contribution >= 0.6 is 12.2 Å². The molecule has 0 saturated carbocycles. The number of halogens is 1. The number of thiocarbonyl (C=S) groups is 1. The third-order valence-electron chi connectivity index (χ3n) is 3.43. The minimum atomic E-state index is -0.322. The minimum absolute atomic E-state index is 0.267. The first-order valence-electron chi connectivity index (χ1n) is 7.28. The Hall–Kier alpha value is -2.93. The highest BCUT2D eigenvalue weighted by molar-refractivity contribution is 7.80. The number of hydrazine groups is 1. The summed E-state index contributed by atoms with van der Waals surface area (Å²) in [7, 11) is 0. The number of rotatable bonds is 3. The Morgan fingerprint density at radius 2 is 1.83 bits per heavy atom. The fraction of sp³-hybridized carbons (Fsp3) is 0.0588. The number of nitrogens with one attached hydrogen (secondary N) is 4. The van der Waals surface area contributed by atoms with E-state index in [-0.39, 0.29) is 16.8 Å². The van der Waals surface area contributed by atoms with E-state index in [9.17, 15) is 9.18 Å². The van der Waals surface area contributed by atoms with Crippen LogP contribution in [0.25, 0.3) is 10.9 Å². The molecular formula is C17H15FN4OS. The van der Waals surface area contributed by atoms with Gasteiger partial charge in [-0.3, -0.25) is 15.6 Å². The molecule has 3 rings (SSSR count). The number of aromatic amines is 1. The van der Waals surface area contributed by atoms with Crippen LogP contribution in [0, 0.1) is 5.82 Å². The second-order valence-corrected chi connectivity index (χ2v) is 5.57. The second-order valence-electron chi connectivity index (χ2n) is 5.16. The number of benzene rings is 2. The molecule has 3 aromatic rings. The van der Waals surface area contributed by atoms with E-state index in [4.69, 9.17) is 12.2 Å². The average Bonchev–Trinajstić information content (AvgIpc) is 3.03. The van der Waals surface area contributed by atoms with Gasteiger partial charge in [0.1, 0.15) is 11.5 Å². The normalized spacial score (nSPS) is 10.4. The summed E-state index contributed by atoms with van der Waals surface area (Å²) >= 11 is 5.09. The van der Waals surface area contributed by atoms with Gasteiger partial charge in [-0.2, -0.15) is 0 Å². The first kappa shape index (κ1) is 15.9. The van der Waals surface area contributed by atoms with Crippen LogP contribution in [0.5, 0.6) is 0 Å². The van der Waals surface area contributed by atoms with Crippen molar-refractivity contribution in [3.63, 3.8) is 0 Å². The zero-order valence-electron chi connectivity index (χ0n) is 12.6. The molecule has 1 heterocycles. The molecule has 1 aromatic heterocycles. The van der Waals surface area contributed by atoms with Crippen LogP contribution in [0.2, 0.25) is 0 Å². The number of hydrogen-bond acceptors (Lipinski definition) is 2. The van der Waals surface area contributed by atoms with Gasteiger partial charge in [-0.25, -0.2) is 4.39 Å². The standard InChI is InChI=1S/C17H15FN4OS/c18-13-7-5-11(6-8-13)10-19-17(24)22-21-16(23)15-9-12-3-1-2-4-14(12)20-15/h1-9,20H,10H2,(H,21,23)(H2,19,22,24). The quantitative estimate of drug-likeness (QED) is 0.436. The van der Waals surface area contributed by atoms with Crippen molar-refractivity contribution in [3.05, 3.63) is 71.7 Å². The van der Waals surface area contributed by atoms with Gasteiger partial charge in [-0.15, -0.1) is 0 Å². The molecular weight excluding hydrogens is 327 g/mol. The number of para-hydroxylation sites is 1. The Kier molecular flexibility index (Phi) is 4.72. The molecule has 0 aliphatic heterocycles. The van der Waals surface area contributed by atoms with Gasteiger partial charge in [0.05, 0.1) is 0 Å². The number of fused-ring (bicyclic) bond motifs is 1. The predicted molar refractivity (Wildman–Crippen MR) is 94.7 cm³/mol. The van der Waals surface area contributed by atoms with Crippen LogP contribution in [0.3, 0.4) is 0 Å². The summed E-state index contributed by atoms with van der Waals surface area (Å²) in [4.78, 5) is 15.1. The van der Waals surface area contributed by atoms with E-state index in [1.165, 1.54) is 12.1 Å². The molecule has 0 saturated heterocycles. The molecule has 2 aromatic carbocycles. The van der Waals surface area contributed by atoms with Crippen molar-refractivity contribution in [2.75, 3.05) is 0 Å². The Labute approximate surface area is 143 Å². The summed E-state index contributed by atoms with van der Waals surface area (Å²) in [6.07, 6.45) is 0. The molecule has 24 heavy (non-hydrogen) atoms. The van der Waals surface area contributed by atoms with E-state index in [1.807, 2.05) is 24.3 Å². The fourth-order valence-corrected chi connectivity index (χ4v) is 2.33. The molecule has 0 unspecified atom stereocenters. The minimum Gasteiger partial charge on any atom is -0.357 e. The van der Waals surface area contributed by atoms with Gasteiger partial charge in [0.15, 0.2) is 5.11 Å². The van der Waals surface area contributed by atoms with Gasteiger partial charge in [-0.05, 0) is 42.0 Å². The first-order valence-corrected chi connectivity index (χ1v) is 7.69. The molecule has 0 spiro atoms. The molecule has 0 radical (unpaired) electrons. The Morgan fingerprint density at radius 1 is 1.08 bits per heavy atom. The SMILES string of the molecule is O=C(NNC(=S)NCc1ccc(F)cc1)c1cc2ccccc2[nH]1. The molecule has 5 nitrogen and oxygen atoms in total. The van der Waals surface area contributed by atoms with Crippen LogP contribution in [0.15, 0.2) is 54.6 Å². The average molecular weight is 342 g/mol. The van der Waals surface area contributed by atoms with Crippen molar-refractivity contribution >= 4 is 34.1 Å². The molecule has 0 fully saturated rings. The van der Waals surface area contributed by atoms with Crippen LogP contribution in [0.1, 0.15) is 16.1 Å². The lowest BCUT2D eigenvalue weighted by Crippen LogP contribution is -2.46. The van der Waals surface area contributed by atoms with Crippen LogP contribution < -0.4 is 16.2 Å². The molecule has 4 N–H and O–H groups in total. The maximum absolute atomic E-state index is 12.8. The van der Waals surface area contributed by atoms with E-state index >= 15 is 0 Å². The number of hydrogen-bond donors (Lipinski definition) is 4. The van der Waals surface area contributed by atoms with Crippen molar-refractivity contribution in [1.29, 1.82) is 0 Å². The van der Waals surface area contributed by atoms with Crippen LogP contribution in [-0.2, 0) is 6.54 Å². The van der Waals surface area contributed by atoms with Crippen molar-refractivity contribution in [2.45, 2.75) is 6.54 Å². The summed E-state index contributed by atoms with van der Waals surface area (Å²) in [5.41, 5.74) is 7.36. The monoisotopic (exact) mass is 342 g/mol. The molecule has 0 atom stereocenters. The topological polar surface area (TPSA) is 69.0 Å². The molecule has 7 heteroatoms. The zero-order valence-corrected chi connectivity index (χ0v) is 13.4. The molecule has 0 aliphatic rings. The van der Waals surface area contributed by atoms with Crippen LogP contribution in [-0.4, -0.2) is 16.0 Å². The van der Waals surface area contributed by atoms with Gasteiger partial charge < -0.3 is 10.3 Å². The van der Waals surface area contributed by atoms with Gasteiger partial charge >= 0.3 is 0 Å². The van der Waals surface area contributed by atoms with E-state index in [2.05, 4.69) is 21.2 Å². The number of aromatic nitrogens is 1. The summed E-state index contributed by atoms with van der Waals surface area (Å²) in [6, 6.07) is 15.5. The Balaban J connectivity index is 1.50. The van der Waals surface area contributed by atoms with Gasteiger partial charge in [0, 0.05) is 17.4 Å².